The largest absolute Gasteiger partial charge is 0.492 e. The molecule has 1 aliphatic rings. The molecule has 1 amide bonds. The number of rotatable bonds is 6. The van der Waals surface area contributed by atoms with E-state index >= 15 is 0 Å². The maximum Gasteiger partial charge on any atom is 0.405 e. The van der Waals surface area contributed by atoms with Crippen LogP contribution in [0.15, 0.2) is 53.3 Å². The van der Waals surface area contributed by atoms with Crippen LogP contribution >= 0.6 is 0 Å². The average molecular weight is 409 g/mol. The number of aromatic nitrogens is 2. The van der Waals surface area contributed by atoms with Gasteiger partial charge in [0.05, 0.1) is 37.1 Å². The third-order valence-corrected chi connectivity index (χ3v) is 5.10. The van der Waals surface area contributed by atoms with Gasteiger partial charge in [-0.3, -0.25) is 9.36 Å². The maximum absolute atomic E-state index is 13.6. The number of ether oxygens (including phenoxy) is 2. The first-order valence-electron chi connectivity index (χ1n) is 9.69. The smallest absolute Gasteiger partial charge is 0.405 e. The van der Waals surface area contributed by atoms with Gasteiger partial charge in [0.15, 0.2) is 0 Å². The van der Waals surface area contributed by atoms with E-state index in [-0.39, 0.29) is 11.0 Å². The molecule has 0 bridgehead atoms. The van der Waals surface area contributed by atoms with Gasteiger partial charge in [-0.25, -0.2) is 9.78 Å². The summed E-state index contributed by atoms with van der Waals surface area (Å²) in [6.45, 7) is 5.38. The molecule has 1 aromatic heterocycles. The summed E-state index contributed by atoms with van der Waals surface area (Å²) in [5, 5.41) is 11.9. The van der Waals surface area contributed by atoms with E-state index in [1.807, 2.05) is 18.2 Å². The number of nitrogens with zero attached hydrogens (tertiary/aromatic N) is 2. The molecular weight excluding hydrogens is 386 g/mol. The molecule has 3 aromatic rings. The third-order valence-electron chi connectivity index (χ3n) is 5.10. The molecule has 156 valence electrons. The Bertz CT molecular complexity index is 1140. The van der Waals surface area contributed by atoms with E-state index in [1.54, 1.807) is 37.3 Å². The molecule has 2 heterocycles. The van der Waals surface area contributed by atoms with Gasteiger partial charge in [-0.05, 0) is 31.2 Å². The minimum Gasteiger partial charge on any atom is -0.492 e. The van der Waals surface area contributed by atoms with Crippen molar-refractivity contribution in [1.29, 1.82) is 0 Å². The van der Waals surface area contributed by atoms with Crippen molar-refractivity contribution in [3.05, 3.63) is 64.7 Å². The van der Waals surface area contributed by atoms with Crippen LogP contribution < -0.4 is 15.6 Å². The number of carboxylic acid groups (broad SMARTS) is 1. The van der Waals surface area contributed by atoms with Crippen LogP contribution in [0.5, 0.6) is 5.75 Å². The summed E-state index contributed by atoms with van der Waals surface area (Å²) in [7, 11) is 0. The molecule has 4 rings (SSSR count). The molecule has 8 nitrogen and oxygen atoms in total. The second-order valence-electron chi connectivity index (χ2n) is 7.86. The highest BCUT2D eigenvalue weighted by Crippen LogP contribution is 2.30. The van der Waals surface area contributed by atoms with Gasteiger partial charge in [-0.2, -0.15) is 0 Å². The van der Waals surface area contributed by atoms with Crippen molar-refractivity contribution in [2.45, 2.75) is 19.9 Å². The summed E-state index contributed by atoms with van der Waals surface area (Å²) in [6.07, 6.45) is -1.19. The van der Waals surface area contributed by atoms with Gasteiger partial charge >= 0.3 is 6.09 Å². The fraction of sp³-hybridized carbons (Fsp3) is 0.318. The van der Waals surface area contributed by atoms with E-state index in [9.17, 15) is 9.59 Å². The Morgan fingerprint density at radius 3 is 2.63 bits per heavy atom. The van der Waals surface area contributed by atoms with Crippen molar-refractivity contribution in [3.63, 3.8) is 0 Å². The quantitative estimate of drug-likeness (QED) is 0.648. The SMILES string of the molecule is CC(NC(=O)O)c1nc2cccc(OCC3(C)COC3)c2c(=O)n1-c1ccccc1. The van der Waals surface area contributed by atoms with E-state index in [0.29, 0.717) is 48.0 Å². The van der Waals surface area contributed by atoms with Crippen LogP contribution in [0.3, 0.4) is 0 Å². The zero-order valence-electron chi connectivity index (χ0n) is 16.8. The van der Waals surface area contributed by atoms with Crippen molar-refractivity contribution in [2.75, 3.05) is 19.8 Å². The predicted octanol–water partition coefficient (Wildman–Crippen LogP) is 3.13. The Kier molecular flexibility index (Phi) is 5.17. The van der Waals surface area contributed by atoms with E-state index < -0.39 is 12.1 Å². The highest BCUT2D eigenvalue weighted by molar-refractivity contribution is 5.84. The van der Waals surface area contributed by atoms with E-state index in [0.717, 1.165) is 0 Å². The number of benzene rings is 2. The number of hydrogen-bond acceptors (Lipinski definition) is 5. The van der Waals surface area contributed by atoms with Gasteiger partial charge in [0.25, 0.3) is 5.56 Å². The van der Waals surface area contributed by atoms with E-state index in [2.05, 4.69) is 17.2 Å². The molecule has 1 fully saturated rings. The lowest BCUT2D eigenvalue weighted by Crippen LogP contribution is -2.44. The molecule has 0 radical (unpaired) electrons. The van der Waals surface area contributed by atoms with Crippen molar-refractivity contribution in [2.24, 2.45) is 5.41 Å². The number of carbonyl (C=O) groups is 1. The third kappa shape index (κ3) is 3.73. The molecule has 8 heteroatoms. The Morgan fingerprint density at radius 2 is 2.00 bits per heavy atom. The molecule has 1 unspecified atom stereocenters. The van der Waals surface area contributed by atoms with Crippen LogP contribution in [-0.4, -0.2) is 40.6 Å². The first kappa shape index (κ1) is 19.9. The van der Waals surface area contributed by atoms with Crippen molar-refractivity contribution in [1.82, 2.24) is 14.9 Å². The number of amides is 1. The molecular formula is C22H23N3O5. The highest BCUT2D eigenvalue weighted by Gasteiger charge is 2.34. The molecule has 0 aliphatic carbocycles. The first-order valence-corrected chi connectivity index (χ1v) is 9.69. The number of fused-ring (bicyclic) bond motifs is 1. The second-order valence-corrected chi connectivity index (χ2v) is 7.86. The fourth-order valence-corrected chi connectivity index (χ4v) is 3.49. The van der Waals surface area contributed by atoms with Gasteiger partial charge in [0, 0.05) is 5.41 Å². The van der Waals surface area contributed by atoms with Crippen molar-refractivity contribution in [3.8, 4) is 11.4 Å². The second kappa shape index (κ2) is 7.79. The predicted molar refractivity (Wildman–Crippen MR) is 111 cm³/mol. The standard InChI is InChI=1S/C22H23N3O5/c1-14(23-21(27)28)19-24-16-9-6-10-17(30-13-22(2)11-29-12-22)18(16)20(26)25(19)15-7-4-3-5-8-15/h3-10,14,23H,11-13H2,1-2H3,(H,27,28). The monoisotopic (exact) mass is 409 g/mol. The minimum atomic E-state index is -1.19. The summed E-state index contributed by atoms with van der Waals surface area (Å²) in [5.74, 6) is 0.755. The summed E-state index contributed by atoms with van der Waals surface area (Å²) < 4.78 is 12.7. The Morgan fingerprint density at radius 1 is 1.27 bits per heavy atom. The molecule has 0 spiro atoms. The summed E-state index contributed by atoms with van der Waals surface area (Å²) in [6, 6.07) is 13.6. The molecule has 1 saturated heterocycles. The molecule has 2 aromatic carbocycles. The van der Waals surface area contributed by atoms with Crippen LogP contribution in [0.1, 0.15) is 25.7 Å². The van der Waals surface area contributed by atoms with Gasteiger partial charge in [0.2, 0.25) is 0 Å². The molecule has 1 aliphatic heterocycles. The zero-order valence-corrected chi connectivity index (χ0v) is 16.8. The normalized spacial score (nSPS) is 15.9. The van der Waals surface area contributed by atoms with Crippen LogP contribution in [0.25, 0.3) is 16.6 Å². The molecule has 1 atom stereocenters. The van der Waals surface area contributed by atoms with Gasteiger partial charge in [0.1, 0.15) is 17.0 Å². The Labute approximate surface area is 173 Å². The molecule has 2 N–H and O–H groups in total. The molecule has 0 saturated carbocycles. The first-order chi connectivity index (χ1) is 14.4. The highest BCUT2D eigenvalue weighted by atomic mass is 16.5. The summed E-state index contributed by atoms with van der Waals surface area (Å²) >= 11 is 0. The topological polar surface area (TPSA) is 103 Å². The Hall–Kier alpha value is -3.39. The molecule has 30 heavy (non-hydrogen) atoms. The zero-order chi connectivity index (χ0) is 21.3. The summed E-state index contributed by atoms with van der Waals surface area (Å²) in [4.78, 5) is 29.4. The van der Waals surface area contributed by atoms with Crippen LogP contribution in [0, 0.1) is 5.41 Å². The number of nitrogens with one attached hydrogen (secondary N) is 1. The van der Waals surface area contributed by atoms with E-state index in [1.165, 1.54) is 4.57 Å². The lowest BCUT2D eigenvalue weighted by Gasteiger charge is -2.37. The van der Waals surface area contributed by atoms with Gasteiger partial charge in [-0.1, -0.05) is 31.2 Å². The minimum absolute atomic E-state index is 0.0755. The van der Waals surface area contributed by atoms with Crippen molar-refractivity contribution < 1.29 is 19.4 Å². The van der Waals surface area contributed by atoms with Crippen molar-refractivity contribution >= 4 is 17.0 Å². The lowest BCUT2D eigenvalue weighted by atomic mass is 9.90. The van der Waals surface area contributed by atoms with Gasteiger partial charge < -0.3 is 19.9 Å². The van der Waals surface area contributed by atoms with Gasteiger partial charge in [-0.15, -0.1) is 0 Å². The number of para-hydroxylation sites is 1. The number of hydrogen-bond donors (Lipinski definition) is 2. The Balaban J connectivity index is 1.88. The lowest BCUT2D eigenvalue weighted by molar-refractivity contribution is -0.120. The van der Waals surface area contributed by atoms with Crippen LogP contribution in [0.4, 0.5) is 4.79 Å². The summed E-state index contributed by atoms with van der Waals surface area (Å²) in [5.41, 5.74) is 0.660. The fourth-order valence-electron chi connectivity index (χ4n) is 3.49. The maximum atomic E-state index is 13.6. The van der Waals surface area contributed by atoms with E-state index in [4.69, 9.17) is 14.6 Å². The van der Waals surface area contributed by atoms with Crippen LogP contribution in [0.2, 0.25) is 0 Å². The average Bonchev–Trinajstić information content (AvgIpc) is 2.70. The van der Waals surface area contributed by atoms with Crippen LogP contribution in [-0.2, 0) is 4.74 Å².